The van der Waals surface area contributed by atoms with E-state index >= 15 is 0 Å². The number of ether oxygens (including phenoxy) is 1. The monoisotopic (exact) mass is 316 g/mol. The minimum Gasteiger partial charge on any atom is -0.466 e. The second kappa shape index (κ2) is 6.68. The van der Waals surface area contributed by atoms with E-state index in [0.717, 1.165) is 16.7 Å². The molecule has 7 heteroatoms. The second-order valence-electron chi connectivity index (χ2n) is 5.58. The van der Waals surface area contributed by atoms with Crippen molar-refractivity contribution in [1.29, 1.82) is 0 Å². The minimum absolute atomic E-state index is 0.0969. The zero-order valence-electron chi connectivity index (χ0n) is 13.0. The molecule has 1 aliphatic heterocycles. The largest absolute Gasteiger partial charge is 0.466 e. The number of aromatic nitrogens is 2. The summed E-state index contributed by atoms with van der Waals surface area (Å²) in [7, 11) is 0. The highest BCUT2D eigenvalue weighted by molar-refractivity contribution is 5.92. The first kappa shape index (κ1) is 15.3. The van der Waals surface area contributed by atoms with Crippen molar-refractivity contribution < 1.29 is 14.3 Å². The van der Waals surface area contributed by atoms with Crippen molar-refractivity contribution in [2.24, 2.45) is 5.92 Å². The van der Waals surface area contributed by atoms with Crippen LogP contribution >= 0.6 is 0 Å². The molecule has 0 spiro atoms. The Morgan fingerprint density at radius 2 is 2.17 bits per heavy atom. The Hall–Kier alpha value is -2.57. The quantitative estimate of drug-likeness (QED) is 0.851. The van der Waals surface area contributed by atoms with Crippen molar-refractivity contribution in [3.63, 3.8) is 0 Å². The van der Waals surface area contributed by atoms with E-state index in [4.69, 9.17) is 4.74 Å². The third kappa shape index (κ3) is 3.44. The first-order chi connectivity index (χ1) is 11.2. The Morgan fingerprint density at radius 3 is 2.91 bits per heavy atom. The lowest BCUT2D eigenvalue weighted by Crippen LogP contribution is -2.42. The predicted octanol–water partition coefficient (Wildman–Crippen LogP) is 2.37. The maximum absolute atomic E-state index is 12.3. The van der Waals surface area contributed by atoms with Crippen molar-refractivity contribution in [1.82, 2.24) is 14.9 Å². The number of fused-ring (bicyclic) bond motifs is 1. The Bertz CT molecular complexity index is 704. The summed E-state index contributed by atoms with van der Waals surface area (Å²) in [5, 5.41) is 2.89. The minimum atomic E-state index is -0.155. The molecule has 122 valence electrons. The zero-order chi connectivity index (χ0) is 16.2. The number of esters is 1. The number of nitrogens with one attached hydrogen (secondary N) is 2. The van der Waals surface area contributed by atoms with Gasteiger partial charge in [0.25, 0.3) is 0 Å². The molecule has 1 fully saturated rings. The molecule has 2 amide bonds. The molecule has 0 saturated carbocycles. The van der Waals surface area contributed by atoms with Crippen molar-refractivity contribution >= 4 is 28.7 Å². The van der Waals surface area contributed by atoms with E-state index in [0.29, 0.717) is 32.5 Å². The van der Waals surface area contributed by atoms with Gasteiger partial charge in [0, 0.05) is 18.8 Å². The summed E-state index contributed by atoms with van der Waals surface area (Å²) >= 11 is 0. The molecule has 1 aromatic carbocycles. The van der Waals surface area contributed by atoms with Crippen LogP contribution in [0.4, 0.5) is 10.5 Å². The van der Waals surface area contributed by atoms with Gasteiger partial charge in [0.15, 0.2) is 0 Å². The summed E-state index contributed by atoms with van der Waals surface area (Å²) in [5.41, 5.74) is 2.46. The van der Waals surface area contributed by atoms with Crippen LogP contribution in [0.3, 0.4) is 0 Å². The Balaban J connectivity index is 1.56. The van der Waals surface area contributed by atoms with Gasteiger partial charge in [-0.05, 0) is 38.0 Å². The standard InChI is InChI=1S/C16H20N4O3/c1-2-23-15(21)11-5-7-20(8-6-11)16(22)19-12-3-4-13-14(9-12)18-10-17-13/h3-4,9-11H,2,5-8H2,1H3,(H,17,18)(H,19,22). The van der Waals surface area contributed by atoms with Gasteiger partial charge < -0.3 is 19.9 Å². The molecule has 2 N–H and O–H groups in total. The molecule has 0 unspecified atom stereocenters. The number of rotatable bonds is 3. The van der Waals surface area contributed by atoms with Gasteiger partial charge >= 0.3 is 12.0 Å². The number of piperidine rings is 1. The smallest absolute Gasteiger partial charge is 0.321 e. The van der Waals surface area contributed by atoms with Crippen LogP contribution in [0.15, 0.2) is 24.5 Å². The first-order valence-electron chi connectivity index (χ1n) is 7.83. The molecule has 0 atom stereocenters. The highest BCUT2D eigenvalue weighted by atomic mass is 16.5. The molecule has 1 saturated heterocycles. The first-order valence-corrected chi connectivity index (χ1v) is 7.83. The fourth-order valence-corrected chi connectivity index (χ4v) is 2.79. The van der Waals surface area contributed by atoms with Gasteiger partial charge in [-0.2, -0.15) is 0 Å². The summed E-state index contributed by atoms with van der Waals surface area (Å²) in [6.45, 7) is 3.32. The molecule has 2 heterocycles. The summed E-state index contributed by atoms with van der Waals surface area (Å²) in [4.78, 5) is 32.9. The van der Waals surface area contributed by atoms with Gasteiger partial charge in [-0.3, -0.25) is 4.79 Å². The molecule has 2 aromatic rings. The number of nitrogens with zero attached hydrogens (tertiary/aromatic N) is 2. The number of anilines is 1. The SMILES string of the molecule is CCOC(=O)C1CCN(C(=O)Nc2ccc3nc[nH]c3c2)CC1. The number of hydrogen-bond donors (Lipinski definition) is 2. The maximum atomic E-state index is 12.3. The lowest BCUT2D eigenvalue weighted by molar-refractivity contribution is -0.149. The molecular weight excluding hydrogens is 296 g/mol. The number of aromatic amines is 1. The van der Waals surface area contributed by atoms with Gasteiger partial charge in [0.05, 0.1) is 29.9 Å². The molecule has 1 aromatic heterocycles. The van der Waals surface area contributed by atoms with Gasteiger partial charge in [-0.25, -0.2) is 9.78 Å². The normalized spacial score (nSPS) is 15.6. The number of H-pyrrole nitrogens is 1. The van der Waals surface area contributed by atoms with E-state index < -0.39 is 0 Å². The van der Waals surface area contributed by atoms with Gasteiger partial charge in [0.1, 0.15) is 0 Å². The predicted molar refractivity (Wildman–Crippen MR) is 86.0 cm³/mol. The second-order valence-corrected chi connectivity index (χ2v) is 5.58. The van der Waals surface area contributed by atoms with Crippen LogP contribution in [0.5, 0.6) is 0 Å². The number of imidazole rings is 1. The summed E-state index contributed by atoms with van der Waals surface area (Å²) < 4.78 is 5.04. The fraction of sp³-hybridized carbons (Fsp3) is 0.438. The third-order valence-corrected chi connectivity index (χ3v) is 4.07. The molecule has 0 bridgehead atoms. The van der Waals surface area contributed by atoms with Gasteiger partial charge in [0.2, 0.25) is 0 Å². The van der Waals surface area contributed by atoms with Crippen molar-refractivity contribution in [3.8, 4) is 0 Å². The van der Waals surface area contributed by atoms with E-state index in [1.54, 1.807) is 18.2 Å². The summed E-state index contributed by atoms with van der Waals surface area (Å²) in [5.74, 6) is -0.252. The Kier molecular flexibility index (Phi) is 4.45. The Labute approximate surface area is 134 Å². The number of benzene rings is 1. The van der Waals surface area contributed by atoms with E-state index in [9.17, 15) is 9.59 Å². The molecule has 1 aliphatic rings. The fourth-order valence-electron chi connectivity index (χ4n) is 2.79. The van der Waals surface area contributed by atoms with Crippen LogP contribution in [0.25, 0.3) is 11.0 Å². The van der Waals surface area contributed by atoms with Crippen molar-refractivity contribution in [2.75, 3.05) is 25.0 Å². The van der Waals surface area contributed by atoms with Crippen LogP contribution in [0.1, 0.15) is 19.8 Å². The number of hydrogen-bond acceptors (Lipinski definition) is 4. The van der Waals surface area contributed by atoms with E-state index in [-0.39, 0.29) is 17.9 Å². The average molecular weight is 316 g/mol. The van der Waals surface area contributed by atoms with Gasteiger partial charge in [-0.1, -0.05) is 0 Å². The van der Waals surface area contributed by atoms with E-state index in [1.807, 2.05) is 18.2 Å². The molecule has 0 radical (unpaired) electrons. The van der Waals surface area contributed by atoms with Crippen LogP contribution in [0.2, 0.25) is 0 Å². The molecular formula is C16H20N4O3. The maximum Gasteiger partial charge on any atom is 0.321 e. The lowest BCUT2D eigenvalue weighted by Gasteiger charge is -2.30. The topological polar surface area (TPSA) is 87.3 Å². The highest BCUT2D eigenvalue weighted by Crippen LogP contribution is 2.20. The van der Waals surface area contributed by atoms with Gasteiger partial charge in [-0.15, -0.1) is 0 Å². The summed E-state index contributed by atoms with van der Waals surface area (Å²) in [6, 6.07) is 5.39. The molecule has 23 heavy (non-hydrogen) atoms. The van der Waals surface area contributed by atoms with E-state index in [1.165, 1.54) is 0 Å². The van der Waals surface area contributed by atoms with Crippen molar-refractivity contribution in [3.05, 3.63) is 24.5 Å². The number of urea groups is 1. The van der Waals surface area contributed by atoms with Crippen LogP contribution in [-0.4, -0.2) is 46.6 Å². The average Bonchev–Trinajstić information content (AvgIpc) is 3.03. The van der Waals surface area contributed by atoms with Crippen LogP contribution in [0, 0.1) is 5.92 Å². The highest BCUT2D eigenvalue weighted by Gasteiger charge is 2.28. The van der Waals surface area contributed by atoms with E-state index in [2.05, 4.69) is 15.3 Å². The molecule has 7 nitrogen and oxygen atoms in total. The molecule has 0 aliphatic carbocycles. The number of likely N-dealkylation sites (tertiary alicyclic amines) is 1. The van der Waals surface area contributed by atoms with Crippen LogP contribution in [-0.2, 0) is 9.53 Å². The summed E-state index contributed by atoms with van der Waals surface area (Å²) in [6.07, 6.45) is 2.91. The number of amides is 2. The van der Waals surface area contributed by atoms with Crippen LogP contribution < -0.4 is 5.32 Å². The third-order valence-electron chi connectivity index (χ3n) is 4.07. The van der Waals surface area contributed by atoms with Crippen molar-refractivity contribution in [2.45, 2.75) is 19.8 Å². The zero-order valence-corrected chi connectivity index (χ0v) is 13.0. The number of carbonyl (C=O) groups is 2. The molecule has 3 rings (SSSR count). The number of carbonyl (C=O) groups excluding carboxylic acids is 2. The lowest BCUT2D eigenvalue weighted by atomic mass is 9.97. The Morgan fingerprint density at radius 1 is 1.39 bits per heavy atom.